The number of hydrogen-bond acceptors (Lipinski definition) is 4. The molecule has 2 heterocycles. The molecule has 1 amide bonds. The number of fused-ring (bicyclic) bond motifs is 1. The van der Waals surface area contributed by atoms with E-state index in [1.54, 1.807) is 24.7 Å². The molecule has 0 spiro atoms. The highest BCUT2D eigenvalue weighted by Gasteiger charge is 2.40. The minimum atomic E-state index is -4.69. The number of rotatable bonds is 4. The molecule has 0 saturated heterocycles. The Labute approximate surface area is 174 Å². The number of hydrogen-bond donors (Lipinski definition) is 2. The molecule has 1 aliphatic carbocycles. The normalized spacial score (nSPS) is 19.3. The number of amides is 1. The van der Waals surface area contributed by atoms with Gasteiger partial charge in [-0.25, -0.2) is 9.37 Å². The number of aliphatic hydroxyl groups is 1. The van der Waals surface area contributed by atoms with Crippen LogP contribution in [0.1, 0.15) is 48.9 Å². The van der Waals surface area contributed by atoms with Gasteiger partial charge >= 0.3 is 6.18 Å². The smallest absolute Gasteiger partial charge is 0.390 e. The molecular weight excluding hydrogens is 416 g/mol. The van der Waals surface area contributed by atoms with E-state index in [9.17, 15) is 27.5 Å². The Morgan fingerprint density at radius 3 is 2.58 bits per heavy atom. The predicted octanol–water partition coefficient (Wildman–Crippen LogP) is 4.56. The fourth-order valence-corrected chi connectivity index (χ4v) is 3.63. The van der Waals surface area contributed by atoms with Gasteiger partial charge in [0.15, 0.2) is 0 Å². The number of halogens is 4. The first kappa shape index (κ1) is 21.2. The van der Waals surface area contributed by atoms with E-state index >= 15 is 0 Å². The maximum Gasteiger partial charge on any atom is 0.433 e. The summed E-state index contributed by atoms with van der Waals surface area (Å²) >= 11 is 0. The van der Waals surface area contributed by atoms with Gasteiger partial charge in [-0.2, -0.15) is 18.3 Å². The van der Waals surface area contributed by atoms with Crippen LogP contribution in [0.25, 0.3) is 10.9 Å². The number of pyridine rings is 1. The zero-order valence-electron chi connectivity index (χ0n) is 16.7. The van der Waals surface area contributed by atoms with Gasteiger partial charge in [0.1, 0.15) is 17.2 Å². The van der Waals surface area contributed by atoms with Crippen molar-refractivity contribution in [2.24, 2.45) is 5.92 Å². The molecule has 2 aromatic heterocycles. The average molecular weight is 436 g/mol. The summed E-state index contributed by atoms with van der Waals surface area (Å²) in [7, 11) is 0. The number of aromatic nitrogens is 3. The molecule has 1 saturated carbocycles. The van der Waals surface area contributed by atoms with E-state index in [1.807, 2.05) is 0 Å². The maximum absolute atomic E-state index is 14.5. The first-order valence-electron chi connectivity index (χ1n) is 9.68. The summed E-state index contributed by atoms with van der Waals surface area (Å²) in [4.78, 5) is 15.6. The van der Waals surface area contributed by atoms with Crippen LogP contribution in [0.15, 0.2) is 36.5 Å². The highest BCUT2D eigenvalue weighted by molar-refractivity contribution is 6.03. The first-order chi connectivity index (χ1) is 14.4. The van der Waals surface area contributed by atoms with Crippen molar-refractivity contribution in [2.45, 2.75) is 44.5 Å². The SMILES string of the molecule is CC(C)(O)[C@H]1C[C@H](n2cc3cc(NC(=O)c4cccc(C(F)(F)F)n4)c(F)cc3n2)C1. The van der Waals surface area contributed by atoms with Crippen LogP contribution in [0.5, 0.6) is 0 Å². The second kappa shape index (κ2) is 7.30. The summed E-state index contributed by atoms with van der Waals surface area (Å²) in [6, 6.07) is 5.56. The molecule has 4 rings (SSSR count). The number of anilines is 1. The Morgan fingerprint density at radius 1 is 1.23 bits per heavy atom. The molecule has 1 aromatic carbocycles. The number of nitrogens with zero attached hydrogens (tertiary/aromatic N) is 3. The number of nitrogens with one attached hydrogen (secondary N) is 1. The molecule has 0 aliphatic heterocycles. The van der Waals surface area contributed by atoms with Gasteiger partial charge in [0, 0.05) is 17.6 Å². The van der Waals surface area contributed by atoms with Crippen LogP contribution in [0.4, 0.5) is 23.2 Å². The van der Waals surface area contributed by atoms with E-state index in [4.69, 9.17) is 0 Å². The van der Waals surface area contributed by atoms with Gasteiger partial charge in [-0.05, 0) is 50.8 Å². The van der Waals surface area contributed by atoms with Crippen molar-refractivity contribution in [1.82, 2.24) is 14.8 Å². The van der Waals surface area contributed by atoms with E-state index in [2.05, 4.69) is 15.4 Å². The van der Waals surface area contributed by atoms with Crippen molar-refractivity contribution in [2.75, 3.05) is 5.32 Å². The minimum absolute atomic E-state index is 0.0826. The lowest BCUT2D eigenvalue weighted by molar-refractivity contribution is -0.141. The average Bonchev–Trinajstić information content (AvgIpc) is 3.00. The standard InChI is InChI=1S/C21H20F4N4O2/c1-20(2,31)12-7-13(8-12)29-10-11-6-17(14(22)9-16(11)28-29)27-19(30)15-4-3-5-18(26-15)21(23,24)25/h3-6,9-10,12-13,31H,7-8H2,1-2H3,(H,27,30)/t12-,13-. The maximum atomic E-state index is 14.5. The Morgan fingerprint density at radius 2 is 1.94 bits per heavy atom. The topological polar surface area (TPSA) is 80.0 Å². The fraction of sp³-hybridized carbons (Fsp3) is 0.381. The lowest BCUT2D eigenvalue weighted by Gasteiger charge is -2.42. The zero-order valence-corrected chi connectivity index (χ0v) is 16.7. The molecule has 6 nitrogen and oxygen atoms in total. The van der Waals surface area contributed by atoms with E-state index < -0.39 is 34.9 Å². The van der Waals surface area contributed by atoms with Gasteiger partial charge < -0.3 is 10.4 Å². The van der Waals surface area contributed by atoms with Crippen molar-refractivity contribution in [1.29, 1.82) is 0 Å². The minimum Gasteiger partial charge on any atom is -0.390 e. The first-order valence-corrected chi connectivity index (χ1v) is 9.68. The van der Waals surface area contributed by atoms with Gasteiger partial charge in [0.2, 0.25) is 0 Å². The number of carbonyl (C=O) groups excluding carboxylic acids is 1. The molecule has 0 unspecified atom stereocenters. The van der Waals surface area contributed by atoms with Gasteiger partial charge in [0.25, 0.3) is 5.91 Å². The number of benzene rings is 1. The summed E-state index contributed by atoms with van der Waals surface area (Å²) in [6.45, 7) is 3.52. The second-order valence-corrected chi connectivity index (χ2v) is 8.34. The zero-order chi connectivity index (χ0) is 22.6. The van der Waals surface area contributed by atoms with Gasteiger partial charge in [-0.15, -0.1) is 0 Å². The van der Waals surface area contributed by atoms with E-state index in [0.717, 1.165) is 37.1 Å². The number of carbonyl (C=O) groups is 1. The van der Waals surface area contributed by atoms with Crippen LogP contribution in [0.2, 0.25) is 0 Å². The quantitative estimate of drug-likeness (QED) is 0.588. The summed E-state index contributed by atoms with van der Waals surface area (Å²) in [5.74, 6) is -1.57. The largest absolute Gasteiger partial charge is 0.433 e. The highest BCUT2D eigenvalue weighted by atomic mass is 19.4. The molecule has 10 heteroatoms. The lowest BCUT2D eigenvalue weighted by atomic mass is 9.71. The van der Waals surface area contributed by atoms with Crippen LogP contribution >= 0.6 is 0 Å². The molecule has 3 aromatic rings. The van der Waals surface area contributed by atoms with Crippen molar-refractivity contribution in [3.8, 4) is 0 Å². The van der Waals surface area contributed by atoms with Crippen LogP contribution in [0, 0.1) is 11.7 Å². The summed E-state index contributed by atoms with van der Waals surface area (Å²) in [5.41, 5.74) is -2.25. The van der Waals surface area contributed by atoms with Crippen molar-refractivity contribution in [3.05, 3.63) is 53.7 Å². The second-order valence-electron chi connectivity index (χ2n) is 8.34. The molecule has 1 aliphatic rings. The monoisotopic (exact) mass is 436 g/mol. The van der Waals surface area contributed by atoms with E-state index in [-0.39, 0.29) is 17.6 Å². The third-order valence-corrected chi connectivity index (χ3v) is 5.62. The van der Waals surface area contributed by atoms with E-state index in [0.29, 0.717) is 10.9 Å². The van der Waals surface area contributed by atoms with Crippen molar-refractivity contribution in [3.63, 3.8) is 0 Å². The summed E-state index contributed by atoms with van der Waals surface area (Å²) in [5, 5.41) is 17.3. The molecule has 0 bridgehead atoms. The third kappa shape index (κ3) is 4.25. The highest BCUT2D eigenvalue weighted by Crippen LogP contribution is 2.44. The molecule has 0 atom stereocenters. The van der Waals surface area contributed by atoms with Crippen LogP contribution in [-0.2, 0) is 6.18 Å². The Hall–Kier alpha value is -3.01. The van der Waals surface area contributed by atoms with Gasteiger partial charge in [0.05, 0.1) is 22.8 Å². The Bertz CT molecular complexity index is 1140. The molecule has 0 radical (unpaired) electrons. The van der Waals surface area contributed by atoms with Crippen molar-refractivity contribution >= 4 is 22.5 Å². The Kier molecular flexibility index (Phi) is 5.00. The molecule has 2 N–H and O–H groups in total. The summed E-state index contributed by atoms with van der Waals surface area (Å²) < 4.78 is 54.6. The third-order valence-electron chi connectivity index (χ3n) is 5.62. The van der Waals surface area contributed by atoms with Crippen LogP contribution in [0.3, 0.4) is 0 Å². The van der Waals surface area contributed by atoms with Gasteiger partial charge in [-0.1, -0.05) is 6.07 Å². The Balaban J connectivity index is 1.54. The lowest BCUT2D eigenvalue weighted by Crippen LogP contribution is -2.41. The van der Waals surface area contributed by atoms with Crippen LogP contribution in [-0.4, -0.2) is 31.4 Å². The van der Waals surface area contributed by atoms with E-state index in [1.165, 1.54) is 6.07 Å². The molecule has 31 heavy (non-hydrogen) atoms. The van der Waals surface area contributed by atoms with Gasteiger partial charge in [-0.3, -0.25) is 9.48 Å². The van der Waals surface area contributed by atoms with Crippen LogP contribution < -0.4 is 5.32 Å². The fourth-order valence-electron chi connectivity index (χ4n) is 3.63. The number of alkyl halides is 3. The van der Waals surface area contributed by atoms with Crippen molar-refractivity contribution < 1.29 is 27.5 Å². The predicted molar refractivity (Wildman–Crippen MR) is 105 cm³/mol. The summed E-state index contributed by atoms with van der Waals surface area (Å²) in [6.07, 6.45) is -1.49. The molecule has 164 valence electrons. The molecule has 1 fully saturated rings. The molecular formula is C21H20F4N4O2.